The molecule has 0 spiro atoms. The van der Waals surface area contributed by atoms with Crippen molar-refractivity contribution in [3.63, 3.8) is 0 Å². The first-order chi connectivity index (χ1) is 15.1. The van der Waals surface area contributed by atoms with Gasteiger partial charge in [0.2, 0.25) is 11.8 Å². The van der Waals surface area contributed by atoms with Crippen LogP contribution in [0.15, 0.2) is 54.7 Å². The molecule has 0 bridgehead atoms. The minimum absolute atomic E-state index is 0.115. The lowest BCUT2D eigenvalue weighted by Crippen LogP contribution is -2.32. The van der Waals surface area contributed by atoms with E-state index in [1.165, 1.54) is 0 Å². The summed E-state index contributed by atoms with van der Waals surface area (Å²) in [5, 5.41) is 9.82. The van der Waals surface area contributed by atoms with E-state index < -0.39 is 5.92 Å². The number of H-pyrrole nitrogens is 1. The van der Waals surface area contributed by atoms with Crippen molar-refractivity contribution in [3.05, 3.63) is 60.3 Å². The number of nitrogens with one attached hydrogen (secondary N) is 2. The van der Waals surface area contributed by atoms with Gasteiger partial charge in [-0.05, 0) is 29.3 Å². The summed E-state index contributed by atoms with van der Waals surface area (Å²) in [5.74, 6) is 0.501. The number of hydrogen-bond donors (Lipinski definition) is 2. The Morgan fingerprint density at radius 1 is 1.16 bits per heavy atom. The number of aromatic amines is 1. The Morgan fingerprint density at radius 3 is 2.65 bits per heavy atom. The number of rotatable bonds is 7. The van der Waals surface area contributed by atoms with Crippen LogP contribution in [0.1, 0.15) is 12.0 Å². The lowest BCUT2D eigenvalue weighted by atomic mass is 10.1. The Morgan fingerprint density at radius 2 is 1.97 bits per heavy atom. The molecule has 1 aromatic heterocycles. The molecule has 1 aliphatic heterocycles. The molecule has 1 saturated heterocycles. The second kappa shape index (κ2) is 8.91. The van der Waals surface area contributed by atoms with Crippen molar-refractivity contribution in [2.45, 2.75) is 13.0 Å². The summed E-state index contributed by atoms with van der Waals surface area (Å²) in [6, 6.07) is 15.0. The third kappa shape index (κ3) is 4.37. The van der Waals surface area contributed by atoms with Crippen LogP contribution in [-0.4, -0.2) is 42.8 Å². The van der Waals surface area contributed by atoms with Gasteiger partial charge in [-0.15, -0.1) is 0 Å². The molecule has 2 N–H and O–H groups in total. The molecular formula is C23H24N4O4. The Balaban J connectivity index is 1.39. The number of nitrogens with zero attached hydrogens (tertiary/aromatic N) is 2. The minimum atomic E-state index is -0.423. The lowest BCUT2D eigenvalue weighted by molar-refractivity contribution is -0.126. The van der Waals surface area contributed by atoms with Crippen LogP contribution < -0.4 is 19.7 Å². The molecule has 2 amide bonds. The number of methoxy groups -OCH3 is 2. The number of hydrogen-bond acceptors (Lipinski definition) is 5. The van der Waals surface area contributed by atoms with Gasteiger partial charge in [-0.25, -0.2) is 0 Å². The summed E-state index contributed by atoms with van der Waals surface area (Å²) in [5.41, 5.74) is 3.55. The fourth-order valence-electron chi connectivity index (χ4n) is 3.68. The van der Waals surface area contributed by atoms with Crippen LogP contribution in [0.2, 0.25) is 0 Å². The molecule has 1 aliphatic rings. The van der Waals surface area contributed by atoms with Crippen molar-refractivity contribution in [2.75, 3.05) is 25.7 Å². The van der Waals surface area contributed by atoms with E-state index in [0.717, 1.165) is 16.8 Å². The van der Waals surface area contributed by atoms with E-state index in [0.29, 0.717) is 30.3 Å². The molecular weight excluding hydrogens is 396 g/mol. The molecule has 0 radical (unpaired) electrons. The zero-order valence-electron chi connectivity index (χ0n) is 17.4. The molecule has 160 valence electrons. The normalized spacial score (nSPS) is 15.7. The molecule has 0 saturated carbocycles. The maximum absolute atomic E-state index is 12.7. The van der Waals surface area contributed by atoms with Crippen molar-refractivity contribution in [1.29, 1.82) is 0 Å². The van der Waals surface area contributed by atoms with Gasteiger partial charge in [-0.2, -0.15) is 5.10 Å². The van der Waals surface area contributed by atoms with Crippen LogP contribution in [0.25, 0.3) is 11.3 Å². The molecule has 3 aromatic rings. The van der Waals surface area contributed by atoms with E-state index in [-0.39, 0.29) is 18.2 Å². The molecule has 2 aromatic carbocycles. The zero-order chi connectivity index (χ0) is 21.8. The highest BCUT2D eigenvalue weighted by Gasteiger charge is 2.36. The number of carbonyl (C=O) groups excluding carboxylic acids is 2. The van der Waals surface area contributed by atoms with E-state index in [4.69, 9.17) is 9.47 Å². The highest BCUT2D eigenvalue weighted by atomic mass is 16.5. The molecule has 31 heavy (non-hydrogen) atoms. The van der Waals surface area contributed by atoms with Crippen molar-refractivity contribution >= 4 is 17.5 Å². The van der Waals surface area contributed by atoms with Crippen LogP contribution >= 0.6 is 0 Å². The summed E-state index contributed by atoms with van der Waals surface area (Å²) in [6.45, 7) is 0.697. The summed E-state index contributed by atoms with van der Waals surface area (Å²) in [4.78, 5) is 26.9. The smallest absolute Gasteiger partial charge is 0.227 e. The average molecular weight is 420 g/mol. The first kappa shape index (κ1) is 20.5. The third-order valence-electron chi connectivity index (χ3n) is 5.41. The zero-order valence-corrected chi connectivity index (χ0v) is 17.4. The maximum atomic E-state index is 12.7. The molecule has 2 heterocycles. The van der Waals surface area contributed by atoms with Crippen molar-refractivity contribution in [2.24, 2.45) is 5.92 Å². The van der Waals surface area contributed by atoms with Gasteiger partial charge in [0.15, 0.2) is 0 Å². The van der Waals surface area contributed by atoms with E-state index in [9.17, 15) is 9.59 Å². The monoisotopic (exact) mass is 420 g/mol. The quantitative estimate of drug-likeness (QED) is 0.613. The van der Waals surface area contributed by atoms with Crippen molar-refractivity contribution in [3.8, 4) is 22.8 Å². The van der Waals surface area contributed by atoms with Gasteiger partial charge >= 0.3 is 0 Å². The predicted molar refractivity (Wildman–Crippen MR) is 116 cm³/mol. The topological polar surface area (TPSA) is 96.6 Å². The summed E-state index contributed by atoms with van der Waals surface area (Å²) in [7, 11) is 3.11. The largest absolute Gasteiger partial charge is 0.497 e. The molecule has 4 rings (SSSR count). The lowest BCUT2D eigenvalue weighted by Gasteiger charge is -2.20. The number of ether oxygens (including phenoxy) is 2. The van der Waals surface area contributed by atoms with Gasteiger partial charge in [0.1, 0.15) is 11.5 Å². The van der Waals surface area contributed by atoms with Gasteiger partial charge in [0.05, 0.1) is 31.5 Å². The summed E-state index contributed by atoms with van der Waals surface area (Å²) >= 11 is 0. The maximum Gasteiger partial charge on any atom is 0.227 e. The third-order valence-corrected chi connectivity index (χ3v) is 5.41. The van der Waals surface area contributed by atoms with Crippen molar-refractivity contribution < 1.29 is 19.1 Å². The number of carbonyl (C=O) groups is 2. The number of benzene rings is 2. The van der Waals surface area contributed by atoms with Crippen LogP contribution in [0.4, 0.5) is 5.69 Å². The van der Waals surface area contributed by atoms with Crippen LogP contribution in [0.5, 0.6) is 11.5 Å². The second-order valence-corrected chi connectivity index (χ2v) is 7.33. The Kier molecular flexibility index (Phi) is 5.88. The number of anilines is 1. The fraction of sp³-hybridized carbons (Fsp3) is 0.261. The average Bonchev–Trinajstić information content (AvgIpc) is 3.47. The summed E-state index contributed by atoms with van der Waals surface area (Å²) in [6.07, 6.45) is 1.86. The van der Waals surface area contributed by atoms with Gasteiger partial charge in [0.25, 0.3) is 0 Å². The molecule has 0 aliphatic carbocycles. The first-order valence-electron chi connectivity index (χ1n) is 9.98. The predicted octanol–water partition coefficient (Wildman–Crippen LogP) is 2.76. The van der Waals surface area contributed by atoms with Gasteiger partial charge in [-0.3, -0.25) is 14.7 Å². The molecule has 8 heteroatoms. The van der Waals surface area contributed by atoms with E-state index in [1.807, 2.05) is 30.3 Å². The van der Waals surface area contributed by atoms with E-state index >= 15 is 0 Å². The number of aromatic nitrogens is 2. The minimum Gasteiger partial charge on any atom is -0.497 e. The molecule has 8 nitrogen and oxygen atoms in total. The fourth-order valence-corrected chi connectivity index (χ4v) is 3.68. The number of amides is 2. The van der Waals surface area contributed by atoms with Gasteiger partial charge in [0, 0.05) is 31.8 Å². The first-order valence-corrected chi connectivity index (χ1v) is 9.98. The Labute approximate surface area is 180 Å². The van der Waals surface area contributed by atoms with Crippen LogP contribution in [0.3, 0.4) is 0 Å². The van der Waals surface area contributed by atoms with E-state index in [2.05, 4.69) is 15.5 Å². The standard InChI is InChI=1S/C23H24N4O4/c1-30-18-7-8-21(31-2)20(12-18)27-14-17(11-22(27)28)23(29)24-13-15-3-5-16(6-4-15)19-9-10-25-26-19/h3-10,12,17H,11,13-14H2,1-2H3,(H,24,29)(H,25,26). The highest BCUT2D eigenvalue weighted by Crippen LogP contribution is 2.36. The second-order valence-electron chi connectivity index (χ2n) is 7.33. The molecule has 1 atom stereocenters. The van der Waals surface area contributed by atoms with Crippen LogP contribution in [0, 0.1) is 5.92 Å². The molecule has 1 unspecified atom stereocenters. The SMILES string of the molecule is COc1ccc(OC)c(N2CC(C(=O)NCc3ccc(-c4ccn[nH]4)cc3)CC2=O)c1. The molecule has 1 fully saturated rings. The Bertz CT molecular complexity index is 1060. The Hall–Kier alpha value is -3.81. The van der Waals surface area contributed by atoms with Crippen LogP contribution in [-0.2, 0) is 16.1 Å². The van der Waals surface area contributed by atoms with Crippen molar-refractivity contribution in [1.82, 2.24) is 15.5 Å². The summed E-state index contributed by atoms with van der Waals surface area (Å²) < 4.78 is 10.7. The highest BCUT2D eigenvalue weighted by molar-refractivity contribution is 6.01. The van der Waals surface area contributed by atoms with E-state index in [1.54, 1.807) is 43.5 Å². The van der Waals surface area contributed by atoms with Gasteiger partial charge < -0.3 is 19.7 Å². The van der Waals surface area contributed by atoms with Gasteiger partial charge in [-0.1, -0.05) is 24.3 Å².